The van der Waals surface area contributed by atoms with Crippen LogP contribution in [0.1, 0.15) is 0 Å². The molecule has 0 N–H and O–H groups in total. The van der Waals surface area contributed by atoms with Crippen LogP contribution in [0.25, 0.3) is 100 Å². The Balaban J connectivity index is 1.02. The number of hydrogen-bond donors (Lipinski definition) is 0. The first-order valence-electron chi connectivity index (χ1n) is 17.8. The molecule has 0 amide bonds. The molecule has 0 spiro atoms. The van der Waals surface area contributed by atoms with Crippen molar-refractivity contribution in [2.75, 3.05) is 0 Å². The Morgan fingerprint density at radius 3 is 1.42 bits per heavy atom. The van der Waals surface area contributed by atoms with Crippen LogP contribution < -0.4 is 0 Å². The van der Waals surface area contributed by atoms with Crippen molar-refractivity contribution in [2.45, 2.75) is 0 Å². The third-order valence-electron chi connectivity index (χ3n) is 9.91. The summed E-state index contributed by atoms with van der Waals surface area (Å²) in [7, 11) is 0. The molecular formula is C49H31N3O. The molecule has 0 bridgehead atoms. The average molecular weight is 678 g/mol. The van der Waals surface area contributed by atoms with Gasteiger partial charge in [-0.1, -0.05) is 164 Å². The minimum Gasteiger partial charge on any atom is -0.455 e. The van der Waals surface area contributed by atoms with Crippen LogP contribution in [0.15, 0.2) is 192 Å². The average Bonchev–Trinajstić information content (AvgIpc) is 3.64. The highest BCUT2D eigenvalue weighted by Crippen LogP contribution is 2.40. The van der Waals surface area contributed by atoms with E-state index < -0.39 is 0 Å². The van der Waals surface area contributed by atoms with Gasteiger partial charge in [-0.2, -0.15) is 0 Å². The predicted octanol–water partition coefficient (Wildman–Crippen LogP) is 12.9. The van der Waals surface area contributed by atoms with E-state index in [2.05, 4.69) is 127 Å². The second-order valence-corrected chi connectivity index (χ2v) is 13.2. The van der Waals surface area contributed by atoms with E-state index in [0.29, 0.717) is 17.5 Å². The quantitative estimate of drug-likeness (QED) is 0.176. The Hall–Kier alpha value is -7.17. The van der Waals surface area contributed by atoms with Crippen LogP contribution in [0.2, 0.25) is 0 Å². The molecule has 0 atom stereocenters. The molecule has 10 aromatic rings. The molecule has 0 radical (unpaired) electrons. The lowest BCUT2D eigenvalue weighted by Crippen LogP contribution is -2.00. The maximum absolute atomic E-state index is 6.57. The molecule has 4 heteroatoms. The van der Waals surface area contributed by atoms with Crippen LogP contribution in [0, 0.1) is 0 Å². The van der Waals surface area contributed by atoms with Gasteiger partial charge in [0.1, 0.15) is 11.2 Å². The minimum absolute atomic E-state index is 0.635. The summed E-state index contributed by atoms with van der Waals surface area (Å²) < 4.78 is 6.57. The molecule has 0 unspecified atom stereocenters. The molecule has 2 heterocycles. The SMILES string of the molecule is c1ccc(-c2nc(-c3ccccc3)nc(-c3cccc(-c4cccc(-c5cccc(-c6cccc7c6oc6ccc8ccccc8c67)c5)c4)c3)n2)cc1. The van der Waals surface area contributed by atoms with E-state index in [1.165, 1.54) is 10.8 Å². The van der Waals surface area contributed by atoms with Crippen molar-refractivity contribution >= 4 is 32.7 Å². The largest absolute Gasteiger partial charge is 0.455 e. The summed E-state index contributed by atoms with van der Waals surface area (Å²) in [4.78, 5) is 14.8. The Morgan fingerprint density at radius 1 is 0.321 bits per heavy atom. The van der Waals surface area contributed by atoms with E-state index in [1.54, 1.807) is 0 Å². The van der Waals surface area contributed by atoms with Crippen LogP contribution in [0.3, 0.4) is 0 Å². The van der Waals surface area contributed by atoms with Crippen LogP contribution in [-0.4, -0.2) is 15.0 Å². The molecule has 2 aromatic heterocycles. The van der Waals surface area contributed by atoms with Gasteiger partial charge >= 0.3 is 0 Å². The maximum atomic E-state index is 6.57. The summed E-state index contributed by atoms with van der Waals surface area (Å²) >= 11 is 0. The molecule has 0 aliphatic carbocycles. The summed E-state index contributed by atoms with van der Waals surface area (Å²) in [5.41, 5.74) is 11.3. The summed E-state index contributed by atoms with van der Waals surface area (Å²) in [6, 6.07) is 65.2. The number of fused-ring (bicyclic) bond motifs is 5. The third kappa shape index (κ3) is 5.63. The number of para-hydroxylation sites is 1. The third-order valence-corrected chi connectivity index (χ3v) is 9.91. The Kier molecular flexibility index (Phi) is 7.43. The zero-order valence-electron chi connectivity index (χ0n) is 28.6. The molecule has 0 fully saturated rings. The molecule has 8 aromatic carbocycles. The van der Waals surface area contributed by atoms with Gasteiger partial charge in [0.05, 0.1) is 0 Å². The number of benzene rings is 8. The number of furan rings is 1. The summed E-state index contributed by atoms with van der Waals surface area (Å²) in [6.45, 7) is 0. The van der Waals surface area contributed by atoms with Crippen molar-refractivity contribution in [2.24, 2.45) is 0 Å². The van der Waals surface area contributed by atoms with Crippen LogP contribution >= 0.6 is 0 Å². The highest BCUT2D eigenvalue weighted by Gasteiger charge is 2.16. The van der Waals surface area contributed by atoms with Crippen LogP contribution in [0.4, 0.5) is 0 Å². The van der Waals surface area contributed by atoms with Crippen LogP contribution in [0.5, 0.6) is 0 Å². The molecule has 0 saturated carbocycles. The number of hydrogen-bond acceptors (Lipinski definition) is 4. The smallest absolute Gasteiger partial charge is 0.164 e. The van der Waals surface area contributed by atoms with E-state index in [1.807, 2.05) is 60.7 Å². The van der Waals surface area contributed by atoms with Gasteiger partial charge in [-0.3, -0.25) is 0 Å². The monoisotopic (exact) mass is 677 g/mol. The fourth-order valence-electron chi connectivity index (χ4n) is 7.32. The van der Waals surface area contributed by atoms with Gasteiger partial charge in [-0.05, 0) is 62.9 Å². The zero-order valence-corrected chi connectivity index (χ0v) is 28.6. The van der Waals surface area contributed by atoms with Crippen molar-refractivity contribution in [3.05, 3.63) is 188 Å². The van der Waals surface area contributed by atoms with Crippen molar-refractivity contribution in [3.63, 3.8) is 0 Å². The molecule has 0 aliphatic rings. The highest BCUT2D eigenvalue weighted by atomic mass is 16.3. The molecular weight excluding hydrogens is 647 g/mol. The zero-order chi connectivity index (χ0) is 35.1. The summed E-state index contributed by atoms with van der Waals surface area (Å²) in [5.74, 6) is 1.93. The van der Waals surface area contributed by atoms with Crippen molar-refractivity contribution in [3.8, 4) is 67.5 Å². The van der Waals surface area contributed by atoms with E-state index in [9.17, 15) is 0 Å². The van der Waals surface area contributed by atoms with Gasteiger partial charge in [-0.15, -0.1) is 0 Å². The Bertz CT molecular complexity index is 2890. The molecule has 10 rings (SSSR count). The lowest BCUT2D eigenvalue weighted by atomic mass is 9.95. The topological polar surface area (TPSA) is 51.8 Å². The fraction of sp³-hybridized carbons (Fsp3) is 0. The van der Waals surface area contributed by atoms with Crippen molar-refractivity contribution in [1.29, 1.82) is 0 Å². The standard InChI is InChI=1S/C49H31N3O/c1-3-14-33(15-4-1)47-50-48(34-16-5-2-6-17-34)52-49(51-47)40-23-11-21-38(31-40)36-19-9-18-35(29-36)37-20-10-22-39(30-37)42-25-12-26-43-45-41-24-8-7-13-32(41)27-28-44(45)53-46(42)43/h1-31H. The minimum atomic E-state index is 0.635. The molecule has 0 aliphatic heterocycles. The summed E-state index contributed by atoms with van der Waals surface area (Å²) in [5, 5.41) is 4.71. The van der Waals surface area contributed by atoms with Gasteiger partial charge < -0.3 is 4.42 Å². The number of rotatable bonds is 6. The summed E-state index contributed by atoms with van der Waals surface area (Å²) in [6.07, 6.45) is 0. The van der Waals surface area contributed by atoms with E-state index in [-0.39, 0.29) is 0 Å². The van der Waals surface area contributed by atoms with Crippen molar-refractivity contribution < 1.29 is 4.42 Å². The first-order chi connectivity index (χ1) is 26.2. The number of nitrogens with zero attached hydrogens (tertiary/aromatic N) is 3. The Morgan fingerprint density at radius 2 is 0.774 bits per heavy atom. The highest BCUT2D eigenvalue weighted by molar-refractivity contribution is 6.20. The second-order valence-electron chi connectivity index (χ2n) is 13.2. The van der Waals surface area contributed by atoms with Gasteiger partial charge in [0.15, 0.2) is 17.5 Å². The first-order valence-corrected chi connectivity index (χ1v) is 17.8. The maximum Gasteiger partial charge on any atom is 0.164 e. The molecule has 4 nitrogen and oxygen atoms in total. The molecule has 53 heavy (non-hydrogen) atoms. The molecule has 248 valence electrons. The normalized spacial score (nSPS) is 11.4. The van der Waals surface area contributed by atoms with Gasteiger partial charge in [0, 0.05) is 33.0 Å². The first kappa shape index (κ1) is 30.6. The predicted molar refractivity (Wildman–Crippen MR) is 217 cm³/mol. The van der Waals surface area contributed by atoms with Crippen molar-refractivity contribution in [1.82, 2.24) is 15.0 Å². The van der Waals surface area contributed by atoms with Gasteiger partial charge in [0.2, 0.25) is 0 Å². The fourth-order valence-corrected chi connectivity index (χ4v) is 7.32. The van der Waals surface area contributed by atoms with E-state index in [4.69, 9.17) is 19.4 Å². The lowest BCUT2D eigenvalue weighted by Gasteiger charge is -2.11. The van der Waals surface area contributed by atoms with Crippen LogP contribution in [-0.2, 0) is 0 Å². The van der Waals surface area contributed by atoms with E-state index >= 15 is 0 Å². The Labute approximate surface area is 306 Å². The number of aromatic nitrogens is 3. The lowest BCUT2D eigenvalue weighted by molar-refractivity contribution is 0.670. The second kappa shape index (κ2) is 12.9. The van der Waals surface area contributed by atoms with Gasteiger partial charge in [0.25, 0.3) is 0 Å². The van der Waals surface area contributed by atoms with E-state index in [0.717, 1.165) is 72.0 Å². The molecule has 0 saturated heterocycles. The van der Waals surface area contributed by atoms with Gasteiger partial charge in [-0.25, -0.2) is 15.0 Å².